The zero-order valence-electron chi connectivity index (χ0n) is 11.6. The summed E-state index contributed by atoms with van der Waals surface area (Å²) in [7, 11) is 0. The van der Waals surface area contributed by atoms with Gasteiger partial charge in [-0.15, -0.1) is 0 Å². The van der Waals surface area contributed by atoms with Crippen LogP contribution in [-0.2, 0) is 14.3 Å². The van der Waals surface area contributed by atoms with Gasteiger partial charge in [-0.25, -0.2) is 0 Å². The number of hydrogen-bond donors (Lipinski definition) is 0. The van der Waals surface area contributed by atoms with E-state index in [9.17, 15) is 4.79 Å². The molecule has 4 nitrogen and oxygen atoms in total. The lowest BCUT2D eigenvalue weighted by atomic mass is 9.94. The molecule has 2 heterocycles. The Kier molecular flexibility index (Phi) is 4.62. The number of amides is 1. The minimum Gasteiger partial charge on any atom is -0.381 e. The van der Waals surface area contributed by atoms with Crippen molar-refractivity contribution in [3.8, 4) is 0 Å². The van der Waals surface area contributed by atoms with E-state index in [-0.39, 0.29) is 11.5 Å². The molecule has 0 radical (unpaired) electrons. The molecule has 2 fully saturated rings. The van der Waals surface area contributed by atoms with E-state index in [0.29, 0.717) is 18.9 Å². The third-order valence-electron chi connectivity index (χ3n) is 4.38. The van der Waals surface area contributed by atoms with Gasteiger partial charge in [-0.2, -0.15) is 0 Å². The highest BCUT2D eigenvalue weighted by Crippen LogP contribution is 2.26. The molecule has 18 heavy (non-hydrogen) atoms. The highest BCUT2D eigenvalue weighted by Gasteiger charge is 2.35. The fourth-order valence-electron chi connectivity index (χ4n) is 2.86. The van der Waals surface area contributed by atoms with Gasteiger partial charge in [0.1, 0.15) is 0 Å². The van der Waals surface area contributed by atoms with Crippen molar-refractivity contribution < 1.29 is 14.3 Å². The van der Waals surface area contributed by atoms with Crippen LogP contribution < -0.4 is 0 Å². The summed E-state index contributed by atoms with van der Waals surface area (Å²) in [4.78, 5) is 14.3. The molecule has 2 aliphatic rings. The van der Waals surface area contributed by atoms with Crippen LogP contribution in [0.5, 0.6) is 0 Å². The van der Waals surface area contributed by atoms with Crippen molar-refractivity contribution in [3.63, 3.8) is 0 Å². The van der Waals surface area contributed by atoms with Gasteiger partial charge in [0.15, 0.2) is 0 Å². The highest BCUT2D eigenvalue weighted by molar-refractivity contribution is 5.76. The first kappa shape index (κ1) is 13.8. The summed E-state index contributed by atoms with van der Waals surface area (Å²) < 4.78 is 11.2. The summed E-state index contributed by atoms with van der Waals surface area (Å²) in [6.45, 7) is 8.03. The fourth-order valence-corrected chi connectivity index (χ4v) is 2.86. The Morgan fingerprint density at radius 2 is 2.11 bits per heavy atom. The molecule has 0 aromatic heterocycles. The molecule has 0 saturated carbocycles. The molecule has 0 N–H and O–H groups in total. The lowest BCUT2D eigenvalue weighted by molar-refractivity contribution is -0.152. The number of hydrogen-bond acceptors (Lipinski definition) is 3. The smallest absolute Gasteiger partial charge is 0.223 e. The normalized spacial score (nSPS) is 27.4. The quantitative estimate of drug-likeness (QED) is 0.769. The minimum absolute atomic E-state index is 0.111. The van der Waals surface area contributed by atoms with Gasteiger partial charge in [-0.1, -0.05) is 13.8 Å². The van der Waals surface area contributed by atoms with Gasteiger partial charge in [0.2, 0.25) is 5.91 Å². The van der Waals surface area contributed by atoms with E-state index in [1.165, 1.54) is 0 Å². The maximum atomic E-state index is 12.3. The molecule has 0 spiro atoms. The second kappa shape index (κ2) is 6.02. The molecule has 2 rings (SSSR count). The maximum absolute atomic E-state index is 12.3. The van der Waals surface area contributed by atoms with E-state index < -0.39 is 0 Å². The van der Waals surface area contributed by atoms with Gasteiger partial charge in [0.05, 0.1) is 12.2 Å². The second-order valence-electron chi connectivity index (χ2n) is 5.49. The number of carbonyl (C=O) groups is 1. The lowest BCUT2D eigenvalue weighted by Gasteiger charge is -2.42. The van der Waals surface area contributed by atoms with Gasteiger partial charge in [-0.05, 0) is 25.2 Å². The van der Waals surface area contributed by atoms with Crippen LogP contribution >= 0.6 is 0 Å². The van der Waals surface area contributed by atoms with E-state index in [4.69, 9.17) is 9.47 Å². The van der Waals surface area contributed by atoms with Crippen LogP contribution in [0.3, 0.4) is 0 Å². The monoisotopic (exact) mass is 255 g/mol. The third kappa shape index (κ3) is 3.04. The van der Waals surface area contributed by atoms with E-state index in [0.717, 1.165) is 45.6 Å². The van der Waals surface area contributed by atoms with Crippen molar-refractivity contribution in [2.75, 3.05) is 32.9 Å². The van der Waals surface area contributed by atoms with Crippen LogP contribution in [0.2, 0.25) is 0 Å². The molecule has 1 amide bonds. The number of ether oxygens (including phenoxy) is 2. The zero-order chi connectivity index (χ0) is 13.0. The van der Waals surface area contributed by atoms with E-state index in [1.807, 2.05) is 4.90 Å². The Labute approximate surface area is 110 Å². The topological polar surface area (TPSA) is 38.8 Å². The Bertz CT molecular complexity index is 283. The van der Waals surface area contributed by atoms with E-state index >= 15 is 0 Å². The van der Waals surface area contributed by atoms with Gasteiger partial charge >= 0.3 is 0 Å². The predicted molar refractivity (Wildman–Crippen MR) is 69.4 cm³/mol. The number of rotatable bonds is 4. The van der Waals surface area contributed by atoms with Gasteiger partial charge in [0, 0.05) is 32.7 Å². The molecular weight excluding hydrogens is 230 g/mol. The van der Waals surface area contributed by atoms with Crippen molar-refractivity contribution in [2.45, 2.75) is 45.1 Å². The number of carbonyl (C=O) groups excluding carboxylic acids is 1. The molecule has 0 unspecified atom stereocenters. The van der Waals surface area contributed by atoms with Crippen LogP contribution in [0.4, 0.5) is 0 Å². The fraction of sp³-hybridized carbons (Fsp3) is 0.929. The Hall–Kier alpha value is -0.610. The molecule has 0 aromatic carbocycles. The summed E-state index contributed by atoms with van der Waals surface area (Å²) in [5.74, 6) is 0.707. The average molecular weight is 255 g/mol. The van der Waals surface area contributed by atoms with Gasteiger partial charge in [0.25, 0.3) is 0 Å². The number of morpholine rings is 1. The zero-order valence-corrected chi connectivity index (χ0v) is 11.6. The SMILES string of the molecule is CCC1(CC)CN(C(=O)C[C@H]2CCOC2)CCO1. The summed E-state index contributed by atoms with van der Waals surface area (Å²) >= 11 is 0. The van der Waals surface area contributed by atoms with Gasteiger partial charge in [-0.3, -0.25) is 4.79 Å². The first-order valence-corrected chi connectivity index (χ1v) is 7.18. The maximum Gasteiger partial charge on any atom is 0.223 e. The average Bonchev–Trinajstić information content (AvgIpc) is 2.91. The van der Waals surface area contributed by atoms with Crippen molar-refractivity contribution in [2.24, 2.45) is 5.92 Å². The van der Waals surface area contributed by atoms with Crippen LogP contribution in [0.1, 0.15) is 39.5 Å². The summed E-state index contributed by atoms with van der Waals surface area (Å²) in [5.41, 5.74) is -0.111. The number of nitrogens with zero attached hydrogens (tertiary/aromatic N) is 1. The Morgan fingerprint density at radius 3 is 2.72 bits per heavy atom. The Balaban J connectivity index is 1.89. The molecule has 0 bridgehead atoms. The predicted octanol–water partition coefficient (Wildman–Crippen LogP) is 1.83. The molecule has 0 aliphatic carbocycles. The van der Waals surface area contributed by atoms with Crippen molar-refractivity contribution >= 4 is 5.91 Å². The molecule has 2 saturated heterocycles. The lowest BCUT2D eigenvalue weighted by Crippen LogP contribution is -2.53. The molecule has 1 atom stereocenters. The minimum atomic E-state index is -0.111. The molecule has 104 valence electrons. The second-order valence-corrected chi connectivity index (χ2v) is 5.49. The largest absolute Gasteiger partial charge is 0.381 e. The van der Waals surface area contributed by atoms with Crippen LogP contribution in [-0.4, -0.2) is 49.3 Å². The van der Waals surface area contributed by atoms with Crippen LogP contribution in [0.15, 0.2) is 0 Å². The van der Waals surface area contributed by atoms with Gasteiger partial charge < -0.3 is 14.4 Å². The van der Waals surface area contributed by atoms with Crippen LogP contribution in [0, 0.1) is 5.92 Å². The third-order valence-corrected chi connectivity index (χ3v) is 4.38. The van der Waals surface area contributed by atoms with Crippen molar-refractivity contribution in [3.05, 3.63) is 0 Å². The highest BCUT2D eigenvalue weighted by atomic mass is 16.5. The standard InChI is InChI=1S/C14H25NO3/c1-3-14(4-2)11-15(6-8-18-14)13(16)9-12-5-7-17-10-12/h12H,3-11H2,1-2H3/t12-/m1/s1. The molecule has 0 aromatic rings. The molecule has 4 heteroatoms. The molecule has 2 aliphatic heterocycles. The summed E-state index contributed by atoms with van der Waals surface area (Å²) in [5, 5.41) is 0. The van der Waals surface area contributed by atoms with E-state index in [1.54, 1.807) is 0 Å². The first-order chi connectivity index (χ1) is 8.69. The Morgan fingerprint density at radius 1 is 1.33 bits per heavy atom. The van der Waals surface area contributed by atoms with Crippen molar-refractivity contribution in [1.29, 1.82) is 0 Å². The van der Waals surface area contributed by atoms with E-state index in [2.05, 4.69) is 13.8 Å². The summed E-state index contributed by atoms with van der Waals surface area (Å²) in [6, 6.07) is 0. The summed E-state index contributed by atoms with van der Waals surface area (Å²) in [6.07, 6.45) is 3.62. The first-order valence-electron chi connectivity index (χ1n) is 7.18. The molecular formula is C14H25NO3. The van der Waals surface area contributed by atoms with Crippen LogP contribution in [0.25, 0.3) is 0 Å². The van der Waals surface area contributed by atoms with Crippen molar-refractivity contribution in [1.82, 2.24) is 4.90 Å².